The number of halogens is 2. The molecule has 2 aromatic carbocycles. The zero-order valence-corrected chi connectivity index (χ0v) is 26.3. The Labute approximate surface area is 271 Å². The van der Waals surface area contributed by atoms with Crippen LogP contribution in [0.5, 0.6) is 11.9 Å². The molecule has 47 heavy (non-hydrogen) atoms. The van der Waals surface area contributed by atoms with Crippen molar-refractivity contribution in [2.45, 2.75) is 56.8 Å². The molecule has 2 aromatic heterocycles. The summed E-state index contributed by atoms with van der Waals surface area (Å²) in [5, 5.41) is 5.24. The Hall–Kier alpha value is -4.11. The predicted molar refractivity (Wildman–Crippen MR) is 174 cm³/mol. The number of nitrogens with zero attached hydrogens (tertiary/aromatic N) is 5. The fraction of sp³-hybridized carbons (Fsp3) is 0.472. The summed E-state index contributed by atoms with van der Waals surface area (Å²) in [6.07, 6.45) is 10.2. The van der Waals surface area contributed by atoms with Crippen LogP contribution in [0.1, 0.15) is 38.2 Å². The Morgan fingerprint density at radius 1 is 1.11 bits per heavy atom. The summed E-state index contributed by atoms with van der Waals surface area (Å²) in [4.78, 5) is 19.1. The molecule has 2 bridgehead atoms. The van der Waals surface area contributed by atoms with E-state index in [0.717, 1.165) is 51.9 Å². The quantitative estimate of drug-likeness (QED) is 0.303. The third-order valence-corrected chi connectivity index (χ3v) is 10.7. The molecule has 2 unspecified atom stereocenters. The Morgan fingerprint density at radius 2 is 2.00 bits per heavy atom. The van der Waals surface area contributed by atoms with E-state index in [1.807, 2.05) is 6.07 Å². The number of nitrogens with one attached hydrogen (secondary N) is 1. The molecule has 9 nitrogen and oxygen atoms in total. The van der Waals surface area contributed by atoms with Crippen molar-refractivity contribution in [1.82, 2.24) is 25.2 Å². The highest BCUT2D eigenvalue weighted by Crippen LogP contribution is 2.48. The summed E-state index contributed by atoms with van der Waals surface area (Å²) in [6, 6.07) is 8.92. The topological polar surface area (TPSA) is 84.9 Å². The zero-order chi connectivity index (χ0) is 31.9. The zero-order valence-electron chi connectivity index (χ0n) is 26.3. The van der Waals surface area contributed by atoms with E-state index in [1.165, 1.54) is 6.07 Å². The van der Waals surface area contributed by atoms with Crippen molar-refractivity contribution in [3.05, 3.63) is 47.5 Å². The Morgan fingerprint density at radius 3 is 2.83 bits per heavy atom. The van der Waals surface area contributed by atoms with Crippen molar-refractivity contribution in [3.8, 4) is 35.5 Å². The van der Waals surface area contributed by atoms with Crippen LogP contribution in [0.3, 0.4) is 0 Å². The van der Waals surface area contributed by atoms with Crippen molar-refractivity contribution in [2.24, 2.45) is 5.41 Å². The molecule has 242 valence electrons. The van der Waals surface area contributed by atoms with Crippen LogP contribution in [0.15, 0.2) is 30.3 Å². The van der Waals surface area contributed by atoms with Crippen molar-refractivity contribution >= 4 is 27.5 Å². The lowest BCUT2D eigenvalue weighted by atomic mass is 9.96. The largest absolute Gasteiger partial charge is 0.475 e. The number of morpholine rings is 1. The highest BCUT2D eigenvalue weighted by molar-refractivity contribution is 6.03. The average molecular weight is 639 g/mol. The van der Waals surface area contributed by atoms with Crippen LogP contribution >= 0.6 is 0 Å². The third-order valence-electron chi connectivity index (χ3n) is 10.7. The first kappa shape index (κ1) is 29.1. The van der Waals surface area contributed by atoms with E-state index in [4.69, 9.17) is 35.6 Å². The molecule has 6 heterocycles. The van der Waals surface area contributed by atoms with Crippen molar-refractivity contribution in [3.63, 3.8) is 0 Å². The van der Waals surface area contributed by atoms with Crippen LogP contribution in [-0.2, 0) is 4.74 Å². The first-order valence-corrected chi connectivity index (χ1v) is 16.6. The number of aromatic nitrogens is 3. The molecule has 4 aromatic rings. The van der Waals surface area contributed by atoms with Gasteiger partial charge in [0.05, 0.1) is 30.9 Å². The second-order valence-electron chi connectivity index (χ2n) is 13.9. The van der Waals surface area contributed by atoms with Crippen LogP contribution in [0.4, 0.5) is 14.6 Å². The number of pyridine rings is 1. The van der Waals surface area contributed by atoms with Crippen LogP contribution in [0.2, 0.25) is 0 Å². The first-order chi connectivity index (χ1) is 22.9. The summed E-state index contributed by atoms with van der Waals surface area (Å²) >= 11 is 0. The van der Waals surface area contributed by atoms with Gasteiger partial charge in [-0.1, -0.05) is 30.2 Å². The van der Waals surface area contributed by atoms with E-state index >= 15 is 4.39 Å². The van der Waals surface area contributed by atoms with Gasteiger partial charge in [-0.05, 0) is 44.1 Å². The molecule has 5 aliphatic rings. The number of terminal acetylenes is 1. The third kappa shape index (κ3) is 4.88. The van der Waals surface area contributed by atoms with Gasteiger partial charge in [0.1, 0.15) is 34.8 Å². The summed E-state index contributed by atoms with van der Waals surface area (Å²) in [5.41, 5.74) is 0.502. The van der Waals surface area contributed by atoms with Crippen molar-refractivity contribution < 1.29 is 23.0 Å². The number of piperazine rings is 1. The summed E-state index contributed by atoms with van der Waals surface area (Å²) in [5.74, 6) is 2.09. The van der Waals surface area contributed by atoms with E-state index in [2.05, 4.69) is 28.0 Å². The van der Waals surface area contributed by atoms with E-state index in [0.29, 0.717) is 53.3 Å². The first-order valence-electron chi connectivity index (χ1n) is 16.6. The van der Waals surface area contributed by atoms with E-state index < -0.39 is 11.6 Å². The lowest BCUT2D eigenvalue weighted by Gasteiger charge is -2.40. The molecule has 11 heteroatoms. The van der Waals surface area contributed by atoms with E-state index in [-0.39, 0.29) is 52.3 Å². The Balaban J connectivity index is 1.17. The monoisotopic (exact) mass is 638 g/mol. The summed E-state index contributed by atoms with van der Waals surface area (Å²) < 4.78 is 50.5. The maximum absolute atomic E-state index is 17.0. The average Bonchev–Trinajstić information content (AvgIpc) is 3.76. The molecule has 0 amide bonds. The molecule has 1 aliphatic carbocycles. The smallest absolute Gasteiger partial charge is 0.319 e. The standard InChI is InChI=1S/C36H36F2N6O3/c1-3-23-25(37)9-7-21-5-4-6-24(28(21)23)31-30(38)32-29-33(44-16-22-8-10-26(39-22)27(44)17-46-34(29)40-31)42-35(41-32)47-19-36(11-12-36)18-43-13-14-45-20(2)15-43/h1,4-7,9,20,22,26-27,39H,8,10-19H2,2H3/t20-,22?,26?,27-/m1/s1. The minimum Gasteiger partial charge on any atom is -0.475 e. The maximum atomic E-state index is 17.0. The van der Waals surface area contributed by atoms with Crippen LogP contribution in [0.25, 0.3) is 32.9 Å². The van der Waals surface area contributed by atoms with Gasteiger partial charge in [0.15, 0.2) is 5.82 Å². The molecule has 4 atom stereocenters. The number of anilines is 1. The number of benzene rings is 2. The second kappa shape index (κ2) is 11.0. The lowest BCUT2D eigenvalue weighted by Crippen LogP contribution is -2.60. The molecule has 9 rings (SSSR count). The Kier molecular flexibility index (Phi) is 6.79. The molecule has 3 saturated heterocycles. The molecule has 0 radical (unpaired) electrons. The number of hydrogen-bond donors (Lipinski definition) is 1. The molecular formula is C36H36F2N6O3. The lowest BCUT2D eigenvalue weighted by molar-refractivity contribution is -0.0273. The van der Waals surface area contributed by atoms with Crippen molar-refractivity contribution in [1.29, 1.82) is 0 Å². The Bertz CT molecular complexity index is 1960. The van der Waals surface area contributed by atoms with Gasteiger partial charge in [0, 0.05) is 54.6 Å². The van der Waals surface area contributed by atoms with Crippen LogP contribution in [0, 0.1) is 29.4 Å². The molecule has 0 spiro atoms. The van der Waals surface area contributed by atoms with Gasteiger partial charge in [0.25, 0.3) is 0 Å². The van der Waals surface area contributed by atoms with Crippen molar-refractivity contribution in [2.75, 3.05) is 50.9 Å². The summed E-state index contributed by atoms with van der Waals surface area (Å²) in [6.45, 7) is 7.06. The van der Waals surface area contributed by atoms with Gasteiger partial charge >= 0.3 is 6.01 Å². The normalized spacial score (nSPS) is 26.0. The minimum atomic E-state index is -0.652. The van der Waals surface area contributed by atoms with Gasteiger partial charge in [-0.25, -0.2) is 13.8 Å². The SMILES string of the molecule is C#Cc1c(F)ccc2cccc(-c3nc4c5c(nc(OCC6(CN7CCO[C@H](C)C7)CC6)nc5c3F)N3CC5CCC(N5)[C@H]3CO4)c12. The summed E-state index contributed by atoms with van der Waals surface area (Å²) in [7, 11) is 0. The fourth-order valence-electron chi connectivity index (χ4n) is 8.10. The van der Waals surface area contributed by atoms with Gasteiger partial charge in [0.2, 0.25) is 5.88 Å². The van der Waals surface area contributed by atoms with Gasteiger partial charge in [-0.2, -0.15) is 9.97 Å². The number of fused-ring (bicyclic) bond motifs is 6. The predicted octanol–water partition coefficient (Wildman–Crippen LogP) is 4.69. The van der Waals surface area contributed by atoms with E-state index in [9.17, 15) is 4.39 Å². The number of rotatable bonds is 6. The highest BCUT2D eigenvalue weighted by Gasteiger charge is 2.47. The fourth-order valence-corrected chi connectivity index (χ4v) is 8.10. The van der Waals surface area contributed by atoms with Gasteiger partial charge in [-0.3, -0.25) is 4.90 Å². The molecule has 4 aliphatic heterocycles. The van der Waals surface area contributed by atoms with Gasteiger partial charge in [-0.15, -0.1) is 6.42 Å². The molecule has 1 saturated carbocycles. The van der Waals surface area contributed by atoms with Crippen LogP contribution in [-0.4, -0.2) is 90.1 Å². The van der Waals surface area contributed by atoms with Gasteiger partial charge < -0.3 is 24.4 Å². The molecule has 4 fully saturated rings. The van der Waals surface area contributed by atoms with Crippen LogP contribution < -0.4 is 19.7 Å². The maximum Gasteiger partial charge on any atom is 0.319 e. The second-order valence-corrected chi connectivity index (χ2v) is 13.9. The molecular weight excluding hydrogens is 602 g/mol. The highest BCUT2D eigenvalue weighted by atomic mass is 19.1. The minimum absolute atomic E-state index is 0.00424. The van der Waals surface area contributed by atoms with E-state index in [1.54, 1.807) is 18.2 Å². The molecule has 1 N–H and O–H groups in total. The number of hydrogen-bond acceptors (Lipinski definition) is 9. The number of ether oxygens (including phenoxy) is 3.